The summed E-state index contributed by atoms with van der Waals surface area (Å²) in [5, 5.41) is 10.4. The van der Waals surface area contributed by atoms with Gasteiger partial charge in [0.1, 0.15) is 6.04 Å². The second-order valence-electron chi connectivity index (χ2n) is 2.99. The Hall–Kier alpha value is -1.07. The first-order chi connectivity index (χ1) is 7.54. The van der Waals surface area contributed by atoms with Gasteiger partial charge in [0.15, 0.2) is 10.3 Å². The van der Waals surface area contributed by atoms with E-state index in [9.17, 15) is 4.79 Å². The Kier molecular flexibility index (Phi) is 4.76. The molecular formula is C9H11Cl2N3O2. The third kappa shape index (κ3) is 3.50. The van der Waals surface area contributed by atoms with Crippen molar-refractivity contribution in [3.63, 3.8) is 0 Å². The van der Waals surface area contributed by atoms with Crippen molar-refractivity contribution >= 4 is 34.9 Å². The number of rotatable bonds is 4. The largest absolute Gasteiger partial charge is 0.464 e. The Morgan fingerprint density at radius 1 is 1.56 bits per heavy atom. The highest BCUT2D eigenvalue weighted by molar-refractivity contribution is 6.33. The maximum absolute atomic E-state index is 11.3. The van der Waals surface area contributed by atoms with Crippen molar-refractivity contribution in [2.24, 2.45) is 0 Å². The van der Waals surface area contributed by atoms with Crippen LogP contribution in [0.5, 0.6) is 0 Å². The monoisotopic (exact) mass is 263 g/mol. The predicted octanol–water partition coefficient (Wildman–Crippen LogP) is 2.15. The maximum atomic E-state index is 11.3. The van der Waals surface area contributed by atoms with Crippen LogP contribution in [0, 0.1) is 0 Å². The molecule has 0 fully saturated rings. The number of anilines is 1. The molecule has 0 saturated carbocycles. The highest BCUT2D eigenvalue weighted by atomic mass is 35.5. The van der Waals surface area contributed by atoms with E-state index in [2.05, 4.69) is 15.5 Å². The van der Waals surface area contributed by atoms with Crippen LogP contribution in [-0.4, -0.2) is 28.8 Å². The molecule has 0 aliphatic heterocycles. The zero-order valence-electron chi connectivity index (χ0n) is 8.83. The molecule has 1 aromatic heterocycles. The maximum Gasteiger partial charge on any atom is 0.328 e. The minimum Gasteiger partial charge on any atom is -0.464 e. The van der Waals surface area contributed by atoms with Gasteiger partial charge in [-0.1, -0.05) is 23.2 Å². The molecule has 1 N–H and O–H groups in total. The molecule has 1 atom stereocenters. The van der Waals surface area contributed by atoms with E-state index < -0.39 is 6.04 Å². The van der Waals surface area contributed by atoms with Crippen molar-refractivity contribution in [1.29, 1.82) is 0 Å². The minimum absolute atomic E-state index is 0.153. The standard InChI is InChI=1S/C9H11Cl2N3O2/c1-3-16-9(15)5(2)12-6-4-7(10)13-14-8(6)11/h4-5H,3H2,1-2H3,(H,12,13). The van der Waals surface area contributed by atoms with Gasteiger partial charge in [0.05, 0.1) is 12.3 Å². The molecule has 0 radical (unpaired) electrons. The van der Waals surface area contributed by atoms with Crippen LogP contribution in [0.2, 0.25) is 10.3 Å². The molecule has 0 amide bonds. The highest BCUT2D eigenvalue weighted by Gasteiger charge is 2.15. The van der Waals surface area contributed by atoms with Crippen LogP contribution >= 0.6 is 23.2 Å². The third-order valence-corrected chi connectivity index (χ3v) is 2.20. The molecule has 0 spiro atoms. The molecular weight excluding hydrogens is 253 g/mol. The van der Waals surface area contributed by atoms with Crippen LogP contribution in [-0.2, 0) is 9.53 Å². The van der Waals surface area contributed by atoms with Gasteiger partial charge < -0.3 is 10.1 Å². The Bertz CT molecular complexity index is 387. The first-order valence-electron chi connectivity index (χ1n) is 4.66. The normalized spacial score (nSPS) is 12.0. The topological polar surface area (TPSA) is 64.1 Å². The fraction of sp³-hybridized carbons (Fsp3) is 0.444. The SMILES string of the molecule is CCOC(=O)C(C)Nc1cc(Cl)nnc1Cl. The van der Waals surface area contributed by atoms with E-state index in [-0.39, 0.29) is 16.3 Å². The van der Waals surface area contributed by atoms with Crippen molar-refractivity contribution in [2.45, 2.75) is 19.9 Å². The quantitative estimate of drug-likeness (QED) is 0.844. The fourth-order valence-electron chi connectivity index (χ4n) is 1.01. The van der Waals surface area contributed by atoms with Crippen LogP contribution in [0.15, 0.2) is 6.07 Å². The van der Waals surface area contributed by atoms with Crippen molar-refractivity contribution in [2.75, 3.05) is 11.9 Å². The molecule has 0 saturated heterocycles. The smallest absolute Gasteiger partial charge is 0.328 e. The van der Waals surface area contributed by atoms with Crippen molar-refractivity contribution in [1.82, 2.24) is 10.2 Å². The molecule has 1 unspecified atom stereocenters. The molecule has 7 heteroatoms. The second-order valence-corrected chi connectivity index (χ2v) is 3.73. The average Bonchev–Trinajstić information content (AvgIpc) is 2.23. The Balaban J connectivity index is 2.72. The second kappa shape index (κ2) is 5.86. The average molecular weight is 264 g/mol. The summed E-state index contributed by atoms with van der Waals surface area (Å²) in [7, 11) is 0. The van der Waals surface area contributed by atoms with E-state index in [1.165, 1.54) is 6.07 Å². The van der Waals surface area contributed by atoms with E-state index in [0.717, 1.165) is 0 Å². The van der Waals surface area contributed by atoms with Gasteiger partial charge in [-0.05, 0) is 13.8 Å². The van der Waals surface area contributed by atoms with Crippen molar-refractivity contribution < 1.29 is 9.53 Å². The number of ether oxygens (including phenoxy) is 1. The molecule has 16 heavy (non-hydrogen) atoms. The minimum atomic E-state index is -0.530. The number of nitrogens with zero attached hydrogens (tertiary/aromatic N) is 2. The Labute approximate surface area is 103 Å². The van der Waals surface area contributed by atoms with Crippen LogP contribution in [0.1, 0.15) is 13.8 Å². The highest BCUT2D eigenvalue weighted by Crippen LogP contribution is 2.21. The number of nitrogens with one attached hydrogen (secondary N) is 1. The van der Waals surface area contributed by atoms with Gasteiger partial charge in [0, 0.05) is 6.07 Å². The summed E-state index contributed by atoms with van der Waals surface area (Å²) < 4.78 is 4.83. The zero-order chi connectivity index (χ0) is 12.1. The first-order valence-corrected chi connectivity index (χ1v) is 5.42. The molecule has 0 aliphatic carbocycles. The molecule has 88 valence electrons. The van der Waals surface area contributed by atoms with Gasteiger partial charge in [0.25, 0.3) is 0 Å². The molecule has 5 nitrogen and oxygen atoms in total. The lowest BCUT2D eigenvalue weighted by atomic mass is 10.3. The van der Waals surface area contributed by atoms with E-state index in [0.29, 0.717) is 12.3 Å². The predicted molar refractivity (Wildman–Crippen MR) is 61.8 cm³/mol. The van der Waals surface area contributed by atoms with Crippen LogP contribution in [0.4, 0.5) is 5.69 Å². The summed E-state index contributed by atoms with van der Waals surface area (Å²) in [4.78, 5) is 11.3. The molecule has 0 aromatic carbocycles. The van der Waals surface area contributed by atoms with E-state index in [1.54, 1.807) is 13.8 Å². The molecule has 0 aliphatic rings. The Morgan fingerprint density at radius 2 is 2.25 bits per heavy atom. The van der Waals surface area contributed by atoms with Gasteiger partial charge in [-0.15, -0.1) is 10.2 Å². The van der Waals surface area contributed by atoms with E-state index in [1.807, 2.05) is 0 Å². The number of esters is 1. The fourth-order valence-corrected chi connectivity index (χ4v) is 1.31. The summed E-state index contributed by atoms with van der Waals surface area (Å²) in [6.07, 6.45) is 0. The van der Waals surface area contributed by atoms with Gasteiger partial charge in [-0.2, -0.15) is 0 Å². The number of aromatic nitrogens is 2. The number of hydrogen-bond donors (Lipinski definition) is 1. The van der Waals surface area contributed by atoms with Crippen molar-refractivity contribution in [3.05, 3.63) is 16.4 Å². The van der Waals surface area contributed by atoms with Crippen LogP contribution in [0.25, 0.3) is 0 Å². The molecule has 1 rings (SSSR count). The van der Waals surface area contributed by atoms with Gasteiger partial charge in [0.2, 0.25) is 0 Å². The van der Waals surface area contributed by atoms with Gasteiger partial charge in [-0.3, -0.25) is 0 Å². The summed E-state index contributed by atoms with van der Waals surface area (Å²) in [6, 6.07) is 0.963. The molecule has 0 bridgehead atoms. The lowest BCUT2D eigenvalue weighted by Crippen LogP contribution is -2.28. The third-order valence-electron chi connectivity index (χ3n) is 1.73. The molecule has 1 heterocycles. The first kappa shape index (κ1) is 13.0. The summed E-state index contributed by atoms with van der Waals surface area (Å²) >= 11 is 11.4. The van der Waals surface area contributed by atoms with Crippen LogP contribution in [0.3, 0.4) is 0 Å². The van der Waals surface area contributed by atoms with E-state index >= 15 is 0 Å². The number of hydrogen-bond acceptors (Lipinski definition) is 5. The van der Waals surface area contributed by atoms with Crippen LogP contribution < -0.4 is 5.32 Å². The zero-order valence-corrected chi connectivity index (χ0v) is 10.3. The van der Waals surface area contributed by atoms with E-state index in [4.69, 9.17) is 27.9 Å². The lowest BCUT2D eigenvalue weighted by Gasteiger charge is -2.14. The number of carbonyl (C=O) groups is 1. The molecule has 1 aromatic rings. The number of halogens is 2. The lowest BCUT2D eigenvalue weighted by molar-refractivity contribution is -0.143. The van der Waals surface area contributed by atoms with Crippen molar-refractivity contribution in [3.8, 4) is 0 Å². The summed E-state index contributed by atoms with van der Waals surface area (Å²) in [6.45, 7) is 3.72. The summed E-state index contributed by atoms with van der Waals surface area (Å²) in [5.74, 6) is -0.369. The number of carbonyl (C=O) groups excluding carboxylic acids is 1. The summed E-state index contributed by atoms with van der Waals surface area (Å²) in [5.41, 5.74) is 0.446. The van der Waals surface area contributed by atoms with Gasteiger partial charge >= 0.3 is 5.97 Å². The van der Waals surface area contributed by atoms with Gasteiger partial charge in [-0.25, -0.2) is 4.79 Å². The Morgan fingerprint density at radius 3 is 2.88 bits per heavy atom.